The summed E-state index contributed by atoms with van der Waals surface area (Å²) in [6.45, 7) is 0. The lowest BCUT2D eigenvalue weighted by atomic mass is 9.92. The Hall–Kier alpha value is -1.81. The van der Waals surface area contributed by atoms with Crippen molar-refractivity contribution in [3.63, 3.8) is 0 Å². The van der Waals surface area contributed by atoms with E-state index in [1.165, 1.54) is 7.11 Å². The Morgan fingerprint density at radius 3 is 2.90 bits per heavy atom. The number of carbonyl (C=O) groups is 1. The molecule has 0 radical (unpaired) electrons. The average molecular weight is 302 g/mol. The highest BCUT2D eigenvalue weighted by Crippen LogP contribution is 2.40. The van der Waals surface area contributed by atoms with Gasteiger partial charge in [-0.1, -0.05) is 30.3 Å². The molecule has 1 atom stereocenters. The lowest BCUT2D eigenvalue weighted by molar-refractivity contribution is -0.119. The molecule has 2 aromatic carbocycles. The Morgan fingerprint density at radius 2 is 2.10 bits per heavy atom. The molecule has 1 unspecified atom stereocenters. The van der Waals surface area contributed by atoms with Gasteiger partial charge in [0.1, 0.15) is 5.78 Å². The van der Waals surface area contributed by atoms with Gasteiger partial charge in [0.15, 0.2) is 11.6 Å². The lowest BCUT2D eigenvalue weighted by Crippen LogP contribution is -2.15. The Kier molecular flexibility index (Phi) is 3.97. The van der Waals surface area contributed by atoms with E-state index >= 15 is 0 Å². The molecule has 0 bridgehead atoms. The smallest absolute Gasteiger partial charge is 0.168 e. The molecule has 108 valence electrons. The molecule has 0 saturated heterocycles. The van der Waals surface area contributed by atoms with Crippen LogP contribution in [0.1, 0.15) is 17.0 Å². The van der Waals surface area contributed by atoms with Crippen molar-refractivity contribution in [2.24, 2.45) is 0 Å². The molecular weight excluding hydrogens is 287 g/mol. The number of hydrogen-bond acceptors (Lipinski definition) is 3. The molecule has 21 heavy (non-hydrogen) atoms. The molecule has 4 heteroatoms. The van der Waals surface area contributed by atoms with Crippen LogP contribution in [0.5, 0.6) is 5.75 Å². The molecule has 0 saturated carbocycles. The zero-order chi connectivity index (χ0) is 14.8. The van der Waals surface area contributed by atoms with Crippen LogP contribution in [-0.4, -0.2) is 18.6 Å². The van der Waals surface area contributed by atoms with Crippen LogP contribution in [0.25, 0.3) is 0 Å². The Labute approximate surface area is 127 Å². The second-order valence-electron chi connectivity index (χ2n) is 4.98. The SMILES string of the molecule is COc1cccc(CC(=O)C2CSc3ccccc32)c1F. The fourth-order valence-corrected chi connectivity index (χ4v) is 3.85. The number of benzene rings is 2. The maximum absolute atomic E-state index is 14.1. The van der Waals surface area contributed by atoms with E-state index in [4.69, 9.17) is 4.74 Å². The summed E-state index contributed by atoms with van der Waals surface area (Å²) in [7, 11) is 1.42. The van der Waals surface area contributed by atoms with Gasteiger partial charge in [-0.05, 0) is 23.3 Å². The van der Waals surface area contributed by atoms with Crippen LogP contribution in [0.3, 0.4) is 0 Å². The van der Waals surface area contributed by atoms with Gasteiger partial charge < -0.3 is 4.74 Å². The highest BCUT2D eigenvalue weighted by molar-refractivity contribution is 7.99. The number of ether oxygens (including phenoxy) is 1. The number of Topliss-reactive ketones (excluding diaryl/α,β-unsaturated/α-hetero) is 1. The average Bonchev–Trinajstić information content (AvgIpc) is 2.93. The van der Waals surface area contributed by atoms with Gasteiger partial charge in [0, 0.05) is 17.1 Å². The molecule has 0 amide bonds. The van der Waals surface area contributed by atoms with Crippen LogP contribution in [-0.2, 0) is 11.2 Å². The first kappa shape index (κ1) is 14.1. The second kappa shape index (κ2) is 5.90. The fraction of sp³-hybridized carbons (Fsp3) is 0.235. The van der Waals surface area contributed by atoms with E-state index in [2.05, 4.69) is 0 Å². The van der Waals surface area contributed by atoms with Gasteiger partial charge in [0.2, 0.25) is 0 Å². The standard InChI is InChI=1S/C17H15FO2S/c1-20-15-7-4-5-11(17(15)18)9-14(19)13-10-21-16-8-3-2-6-12(13)16/h2-8,13H,9-10H2,1H3. The summed E-state index contributed by atoms with van der Waals surface area (Å²) in [4.78, 5) is 13.7. The third kappa shape index (κ3) is 2.68. The van der Waals surface area contributed by atoms with Gasteiger partial charge >= 0.3 is 0 Å². The highest BCUT2D eigenvalue weighted by atomic mass is 32.2. The molecule has 2 nitrogen and oxygen atoms in total. The molecule has 1 heterocycles. The van der Waals surface area contributed by atoms with Gasteiger partial charge in [0.25, 0.3) is 0 Å². The zero-order valence-corrected chi connectivity index (χ0v) is 12.5. The monoisotopic (exact) mass is 302 g/mol. The van der Waals surface area contributed by atoms with Gasteiger partial charge in [-0.3, -0.25) is 4.79 Å². The number of ketones is 1. The summed E-state index contributed by atoms with van der Waals surface area (Å²) in [5, 5.41) is 0. The summed E-state index contributed by atoms with van der Waals surface area (Å²) in [6, 6.07) is 12.8. The summed E-state index contributed by atoms with van der Waals surface area (Å²) in [5.41, 5.74) is 1.46. The minimum atomic E-state index is -0.438. The van der Waals surface area contributed by atoms with Crippen molar-refractivity contribution in [3.05, 3.63) is 59.4 Å². The first-order valence-corrected chi connectivity index (χ1v) is 7.75. The van der Waals surface area contributed by atoms with Crippen LogP contribution >= 0.6 is 11.8 Å². The van der Waals surface area contributed by atoms with Gasteiger partial charge in [-0.15, -0.1) is 11.8 Å². The second-order valence-corrected chi connectivity index (χ2v) is 6.04. The number of methoxy groups -OCH3 is 1. The summed E-state index contributed by atoms with van der Waals surface area (Å²) in [6.07, 6.45) is 0.0998. The van der Waals surface area contributed by atoms with Gasteiger partial charge in [-0.25, -0.2) is 4.39 Å². The molecule has 0 aliphatic carbocycles. The van der Waals surface area contributed by atoms with E-state index < -0.39 is 5.82 Å². The van der Waals surface area contributed by atoms with Crippen LogP contribution in [0.15, 0.2) is 47.4 Å². The van der Waals surface area contributed by atoms with Crippen molar-refractivity contribution in [2.75, 3.05) is 12.9 Å². The van der Waals surface area contributed by atoms with Gasteiger partial charge in [-0.2, -0.15) is 0 Å². The van der Waals surface area contributed by atoms with E-state index in [1.54, 1.807) is 30.0 Å². The van der Waals surface area contributed by atoms with E-state index in [9.17, 15) is 9.18 Å². The summed E-state index contributed by atoms with van der Waals surface area (Å²) >= 11 is 1.69. The number of carbonyl (C=O) groups excluding carboxylic acids is 1. The van der Waals surface area contributed by atoms with E-state index in [1.807, 2.05) is 24.3 Å². The Balaban J connectivity index is 1.82. The molecule has 0 fully saturated rings. The first-order valence-electron chi connectivity index (χ1n) is 6.76. The number of fused-ring (bicyclic) bond motifs is 1. The molecule has 0 spiro atoms. The zero-order valence-electron chi connectivity index (χ0n) is 11.6. The number of thioether (sulfide) groups is 1. The summed E-state index contributed by atoms with van der Waals surface area (Å²) in [5.74, 6) is 0.397. The maximum atomic E-state index is 14.1. The van der Waals surface area contributed by atoms with Crippen molar-refractivity contribution in [1.82, 2.24) is 0 Å². The molecule has 0 N–H and O–H groups in total. The van der Waals surface area contributed by atoms with Gasteiger partial charge in [0.05, 0.1) is 13.0 Å². The molecule has 1 aliphatic rings. The predicted octanol–water partition coefficient (Wildman–Crippen LogP) is 3.84. The van der Waals surface area contributed by atoms with Crippen LogP contribution in [0.4, 0.5) is 4.39 Å². The topological polar surface area (TPSA) is 26.3 Å². The maximum Gasteiger partial charge on any atom is 0.168 e. The van der Waals surface area contributed by atoms with Crippen molar-refractivity contribution in [1.29, 1.82) is 0 Å². The third-order valence-corrected chi connectivity index (χ3v) is 4.90. The van der Waals surface area contributed by atoms with Crippen molar-refractivity contribution in [3.8, 4) is 5.75 Å². The van der Waals surface area contributed by atoms with E-state index in [-0.39, 0.29) is 23.9 Å². The van der Waals surface area contributed by atoms with Crippen LogP contribution < -0.4 is 4.74 Å². The quantitative estimate of drug-likeness (QED) is 0.858. The third-order valence-electron chi connectivity index (χ3n) is 3.72. The molecular formula is C17H15FO2S. The summed E-state index contributed by atoms with van der Waals surface area (Å²) < 4.78 is 19.1. The fourth-order valence-electron chi connectivity index (χ4n) is 2.59. The first-order chi connectivity index (χ1) is 10.2. The van der Waals surface area contributed by atoms with Crippen molar-refractivity contribution < 1.29 is 13.9 Å². The van der Waals surface area contributed by atoms with Crippen LogP contribution in [0.2, 0.25) is 0 Å². The predicted molar refractivity (Wildman–Crippen MR) is 81.6 cm³/mol. The highest BCUT2D eigenvalue weighted by Gasteiger charge is 2.29. The normalized spacial score (nSPS) is 16.6. The van der Waals surface area contributed by atoms with E-state index in [0.29, 0.717) is 5.56 Å². The minimum Gasteiger partial charge on any atom is -0.494 e. The minimum absolute atomic E-state index is 0.0552. The molecule has 0 aromatic heterocycles. The van der Waals surface area contributed by atoms with Crippen LogP contribution in [0, 0.1) is 5.82 Å². The van der Waals surface area contributed by atoms with Crippen molar-refractivity contribution in [2.45, 2.75) is 17.2 Å². The van der Waals surface area contributed by atoms with Crippen molar-refractivity contribution >= 4 is 17.5 Å². The molecule has 1 aliphatic heterocycles. The Morgan fingerprint density at radius 1 is 1.29 bits per heavy atom. The molecule has 3 rings (SSSR count). The number of halogens is 1. The number of hydrogen-bond donors (Lipinski definition) is 0. The number of rotatable bonds is 4. The lowest BCUT2D eigenvalue weighted by Gasteiger charge is -2.11. The largest absolute Gasteiger partial charge is 0.494 e. The molecule has 2 aromatic rings. The Bertz CT molecular complexity index is 684. The van der Waals surface area contributed by atoms with E-state index in [0.717, 1.165) is 16.2 Å².